The van der Waals surface area contributed by atoms with E-state index in [-0.39, 0.29) is 0 Å². The van der Waals surface area contributed by atoms with E-state index in [0.29, 0.717) is 12.0 Å². The second-order valence-corrected chi connectivity index (χ2v) is 8.97. The van der Waals surface area contributed by atoms with Gasteiger partial charge in [0.25, 0.3) is 0 Å². The van der Waals surface area contributed by atoms with E-state index in [1.807, 2.05) is 35.1 Å². The van der Waals surface area contributed by atoms with Crippen molar-refractivity contribution in [1.82, 2.24) is 30.1 Å². The van der Waals surface area contributed by atoms with E-state index < -0.39 is 0 Å². The smallest absolute Gasteiger partial charge is 0.134 e. The van der Waals surface area contributed by atoms with Crippen molar-refractivity contribution in [3.8, 4) is 17.1 Å². The van der Waals surface area contributed by atoms with Crippen molar-refractivity contribution in [3.63, 3.8) is 0 Å². The fourth-order valence-corrected chi connectivity index (χ4v) is 5.08. The number of hydrogen-bond acceptors (Lipinski definition) is 5. The van der Waals surface area contributed by atoms with Gasteiger partial charge in [0.2, 0.25) is 0 Å². The molecule has 0 saturated carbocycles. The fraction of sp³-hybridized carbons (Fsp3) is 0.400. The first kappa shape index (κ1) is 19.6. The summed E-state index contributed by atoms with van der Waals surface area (Å²) in [6.07, 6.45) is 7.28. The molecule has 4 heterocycles. The third-order valence-corrected chi connectivity index (χ3v) is 6.91. The molecule has 2 fully saturated rings. The zero-order chi connectivity index (χ0) is 21.3. The van der Waals surface area contributed by atoms with Gasteiger partial charge in [0, 0.05) is 18.5 Å². The molecule has 7 heteroatoms. The Morgan fingerprint density at radius 2 is 1.84 bits per heavy atom. The van der Waals surface area contributed by atoms with Gasteiger partial charge in [-0.3, -0.25) is 5.10 Å². The number of hydrogen-bond donors (Lipinski definition) is 1. The van der Waals surface area contributed by atoms with Gasteiger partial charge in [0.15, 0.2) is 0 Å². The van der Waals surface area contributed by atoms with Crippen LogP contribution in [0.25, 0.3) is 28.0 Å². The highest BCUT2D eigenvalue weighted by atomic mass is 16.5. The zero-order valence-electron chi connectivity index (χ0n) is 18.2. The van der Waals surface area contributed by atoms with Crippen LogP contribution in [0.3, 0.4) is 0 Å². The molecule has 1 atom stereocenters. The minimum Gasteiger partial charge on any atom is -0.377 e. The molecule has 0 spiro atoms. The van der Waals surface area contributed by atoms with Crippen molar-refractivity contribution in [1.29, 1.82) is 0 Å². The number of rotatable bonds is 5. The maximum atomic E-state index is 5.81. The van der Waals surface area contributed by atoms with Crippen molar-refractivity contribution < 1.29 is 4.74 Å². The van der Waals surface area contributed by atoms with Gasteiger partial charge >= 0.3 is 0 Å². The molecule has 32 heavy (non-hydrogen) atoms. The number of benzene rings is 2. The summed E-state index contributed by atoms with van der Waals surface area (Å²) in [6, 6.07) is 16.9. The van der Waals surface area contributed by atoms with Gasteiger partial charge in [0.05, 0.1) is 23.5 Å². The molecule has 2 aliphatic heterocycles. The lowest BCUT2D eigenvalue weighted by molar-refractivity contribution is 0.0643. The van der Waals surface area contributed by atoms with Crippen molar-refractivity contribution >= 4 is 10.9 Å². The first-order chi connectivity index (χ1) is 15.8. The highest BCUT2D eigenvalue weighted by Gasteiger charge is 2.24. The largest absolute Gasteiger partial charge is 0.377 e. The Labute approximate surface area is 187 Å². The SMILES string of the molecule is c1ccc2c(-c3cn(-c4ccc(C5CCN(CC6CCCO6)CC5)cc4)nn3)n[nH]c2c1. The Kier molecular flexibility index (Phi) is 5.21. The van der Waals surface area contributed by atoms with Crippen molar-refractivity contribution in [2.75, 3.05) is 26.2 Å². The Balaban J connectivity index is 1.12. The van der Waals surface area contributed by atoms with Gasteiger partial charge in [-0.2, -0.15) is 5.10 Å². The maximum Gasteiger partial charge on any atom is 0.134 e. The van der Waals surface area contributed by atoms with E-state index in [1.54, 1.807) is 0 Å². The standard InChI is InChI=1S/C25H28N6O/c1-2-6-23-22(5-1)25(28-26-23)24-17-31(29-27-24)20-9-7-18(8-10-20)19-11-13-30(14-12-19)16-21-4-3-15-32-21/h1-2,5-10,17,19,21H,3-4,11-16H2,(H,26,28). The molecule has 0 aliphatic carbocycles. The highest BCUT2D eigenvalue weighted by Crippen LogP contribution is 2.30. The molecular formula is C25H28N6O. The Hall–Kier alpha value is -3.03. The summed E-state index contributed by atoms with van der Waals surface area (Å²) >= 11 is 0. The third kappa shape index (κ3) is 3.82. The van der Waals surface area contributed by atoms with Crippen LogP contribution in [0.4, 0.5) is 0 Å². The lowest BCUT2D eigenvalue weighted by Crippen LogP contribution is -2.38. The topological polar surface area (TPSA) is 71.9 Å². The predicted octanol–water partition coefficient (Wildman–Crippen LogP) is 4.17. The first-order valence-corrected chi connectivity index (χ1v) is 11.6. The van der Waals surface area contributed by atoms with Crippen LogP contribution in [0, 0.1) is 0 Å². The molecule has 0 radical (unpaired) electrons. The average Bonchev–Trinajstić information content (AvgIpc) is 3.60. The Morgan fingerprint density at radius 3 is 2.66 bits per heavy atom. The van der Waals surface area contributed by atoms with E-state index >= 15 is 0 Å². The second-order valence-electron chi connectivity index (χ2n) is 8.97. The number of fused-ring (bicyclic) bond motifs is 1. The summed E-state index contributed by atoms with van der Waals surface area (Å²) in [4.78, 5) is 2.58. The lowest BCUT2D eigenvalue weighted by atomic mass is 9.89. The third-order valence-electron chi connectivity index (χ3n) is 6.91. The summed E-state index contributed by atoms with van der Waals surface area (Å²) in [5, 5.41) is 17.3. The van der Waals surface area contributed by atoms with E-state index in [0.717, 1.165) is 54.2 Å². The minimum absolute atomic E-state index is 0.456. The van der Waals surface area contributed by atoms with E-state index in [4.69, 9.17) is 4.74 Å². The van der Waals surface area contributed by atoms with Gasteiger partial charge in [0.1, 0.15) is 11.4 Å². The number of piperidine rings is 1. The normalized spacial score (nSPS) is 20.3. The number of H-pyrrole nitrogens is 1. The molecule has 0 bridgehead atoms. The van der Waals surface area contributed by atoms with E-state index in [1.165, 1.54) is 31.2 Å². The Bertz CT molecular complexity index is 1180. The fourth-order valence-electron chi connectivity index (χ4n) is 5.08. The van der Waals surface area contributed by atoms with Crippen LogP contribution in [0.1, 0.15) is 37.2 Å². The number of likely N-dealkylation sites (tertiary alicyclic amines) is 1. The highest BCUT2D eigenvalue weighted by molar-refractivity contribution is 5.91. The average molecular weight is 429 g/mol. The summed E-state index contributed by atoms with van der Waals surface area (Å²) < 4.78 is 7.63. The second kappa shape index (κ2) is 8.48. The van der Waals surface area contributed by atoms with Gasteiger partial charge in [-0.05, 0) is 68.5 Å². The van der Waals surface area contributed by atoms with Crippen LogP contribution in [0.5, 0.6) is 0 Å². The summed E-state index contributed by atoms with van der Waals surface area (Å²) in [5.74, 6) is 0.631. The molecule has 2 aromatic carbocycles. The predicted molar refractivity (Wildman–Crippen MR) is 124 cm³/mol. The van der Waals surface area contributed by atoms with Gasteiger partial charge in [-0.25, -0.2) is 4.68 Å². The van der Waals surface area contributed by atoms with Gasteiger partial charge in [-0.15, -0.1) is 5.10 Å². The molecular weight excluding hydrogens is 400 g/mol. The molecule has 164 valence electrons. The molecule has 2 aromatic heterocycles. The van der Waals surface area contributed by atoms with Crippen LogP contribution in [0.2, 0.25) is 0 Å². The number of ether oxygens (including phenoxy) is 1. The van der Waals surface area contributed by atoms with Crippen LogP contribution in [-0.4, -0.2) is 62.4 Å². The first-order valence-electron chi connectivity index (χ1n) is 11.6. The van der Waals surface area contributed by atoms with Gasteiger partial charge < -0.3 is 9.64 Å². The number of aromatic amines is 1. The molecule has 7 nitrogen and oxygen atoms in total. The monoisotopic (exact) mass is 428 g/mol. The van der Waals surface area contributed by atoms with Crippen LogP contribution < -0.4 is 0 Å². The lowest BCUT2D eigenvalue weighted by Gasteiger charge is -2.33. The van der Waals surface area contributed by atoms with E-state index in [9.17, 15) is 0 Å². The van der Waals surface area contributed by atoms with Crippen molar-refractivity contribution in [3.05, 3.63) is 60.3 Å². The number of para-hydroxylation sites is 1. The molecule has 1 unspecified atom stereocenters. The van der Waals surface area contributed by atoms with E-state index in [2.05, 4.69) is 49.7 Å². The summed E-state index contributed by atoms with van der Waals surface area (Å²) in [7, 11) is 0. The van der Waals surface area contributed by atoms with Crippen LogP contribution in [0.15, 0.2) is 54.7 Å². The molecule has 4 aromatic rings. The molecule has 2 saturated heterocycles. The molecule has 0 amide bonds. The van der Waals surface area contributed by atoms with Crippen LogP contribution >= 0.6 is 0 Å². The van der Waals surface area contributed by atoms with Crippen molar-refractivity contribution in [2.24, 2.45) is 0 Å². The van der Waals surface area contributed by atoms with Crippen LogP contribution in [-0.2, 0) is 4.74 Å². The minimum atomic E-state index is 0.456. The molecule has 1 N–H and O–H groups in total. The van der Waals surface area contributed by atoms with Crippen molar-refractivity contribution in [2.45, 2.75) is 37.7 Å². The zero-order valence-corrected chi connectivity index (χ0v) is 18.2. The summed E-state index contributed by atoms with van der Waals surface area (Å²) in [5.41, 5.74) is 5.04. The number of nitrogens with zero attached hydrogens (tertiary/aromatic N) is 5. The molecule has 6 rings (SSSR count). The number of nitrogens with one attached hydrogen (secondary N) is 1. The Morgan fingerprint density at radius 1 is 1.00 bits per heavy atom. The quantitative estimate of drug-likeness (QED) is 0.517. The number of aromatic nitrogens is 5. The summed E-state index contributed by atoms with van der Waals surface area (Å²) in [6.45, 7) is 4.37. The van der Waals surface area contributed by atoms with Gasteiger partial charge in [-0.1, -0.05) is 35.5 Å². The molecule has 2 aliphatic rings. The maximum absolute atomic E-state index is 5.81.